The molecule has 27 heavy (non-hydrogen) atoms. The number of amides is 2. The normalized spacial score (nSPS) is 10.4. The molecule has 0 bridgehead atoms. The van der Waals surface area contributed by atoms with Crippen LogP contribution in [0.2, 0.25) is 0 Å². The van der Waals surface area contributed by atoms with Crippen molar-refractivity contribution in [3.05, 3.63) is 77.7 Å². The number of hydrogen-bond acceptors (Lipinski definition) is 4. The van der Waals surface area contributed by atoms with Gasteiger partial charge in [-0.2, -0.15) is 0 Å². The van der Waals surface area contributed by atoms with Gasteiger partial charge in [-0.05, 0) is 61.9 Å². The number of rotatable bonds is 6. The molecule has 2 aromatic carbocycles. The van der Waals surface area contributed by atoms with Crippen LogP contribution in [0, 0.1) is 13.8 Å². The van der Waals surface area contributed by atoms with Gasteiger partial charge < -0.3 is 15.1 Å². The molecule has 0 aliphatic carbocycles. The Labute approximate surface area is 162 Å². The number of furan rings is 1. The fourth-order valence-corrected chi connectivity index (χ4v) is 3.36. The summed E-state index contributed by atoms with van der Waals surface area (Å²) < 4.78 is 5.05. The maximum atomic E-state index is 12.2. The number of anilines is 2. The molecule has 5 nitrogen and oxygen atoms in total. The van der Waals surface area contributed by atoms with Gasteiger partial charge in [-0.3, -0.25) is 9.59 Å². The van der Waals surface area contributed by atoms with E-state index in [0.29, 0.717) is 17.1 Å². The summed E-state index contributed by atoms with van der Waals surface area (Å²) in [7, 11) is 0. The molecule has 0 unspecified atom stereocenters. The van der Waals surface area contributed by atoms with E-state index < -0.39 is 0 Å². The third kappa shape index (κ3) is 5.24. The van der Waals surface area contributed by atoms with E-state index >= 15 is 0 Å². The van der Waals surface area contributed by atoms with Gasteiger partial charge in [0, 0.05) is 16.3 Å². The van der Waals surface area contributed by atoms with Gasteiger partial charge in [0.25, 0.3) is 5.91 Å². The first-order chi connectivity index (χ1) is 13.0. The van der Waals surface area contributed by atoms with E-state index in [9.17, 15) is 9.59 Å². The van der Waals surface area contributed by atoms with E-state index in [1.165, 1.54) is 23.6 Å². The molecule has 0 fully saturated rings. The molecule has 6 heteroatoms. The molecule has 0 aliphatic rings. The molecule has 3 rings (SSSR count). The van der Waals surface area contributed by atoms with Gasteiger partial charge in [0.1, 0.15) is 0 Å². The highest BCUT2D eigenvalue weighted by molar-refractivity contribution is 8.00. The number of carbonyl (C=O) groups is 2. The third-order valence-electron chi connectivity index (χ3n) is 3.87. The molecular formula is C21H20N2O3S. The first kappa shape index (κ1) is 18.8. The summed E-state index contributed by atoms with van der Waals surface area (Å²) in [6, 6.07) is 16.4. The van der Waals surface area contributed by atoms with Crippen LogP contribution in [0.3, 0.4) is 0 Å². The van der Waals surface area contributed by atoms with E-state index in [1.807, 2.05) is 13.8 Å². The molecular weight excluding hydrogens is 360 g/mol. The number of thioether (sulfide) groups is 1. The van der Waals surface area contributed by atoms with E-state index in [0.717, 1.165) is 10.5 Å². The van der Waals surface area contributed by atoms with Crippen molar-refractivity contribution in [3.63, 3.8) is 0 Å². The van der Waals surface area contributed by atoms with Crippen LogP contribution in [-0.4, -0.2) is 17.6 Å². The third-order valence-corrected chi connectivity index (χ3v) is 5.03. The van der Waals surface area contributed by atoms with Crippen LogP contribution in [-0.2, 0) is 4.79 Å². The first-order valence-corrected chi connectivity index (χ1v) is 9.44. The monoisotopic (exact) mass is 380 g/mol. The summed E-state index contributed by atoms with van der Waals surface area (Å²) in [5, 5.41) is 5.60. The van der Waals surface area contributed by atoms with Crippen molar-refractivity contribution in [2.24, 2.45) is 0 Å². The van der Waals surface area contributed by atoms with Gasteiger partial charge in [0.05, 0.1) is 12.0 Å². The first-order valence-electron chi connectivity index (χ1n) is 8.46. The highest BCUT2D eigenvalue weighted by Gasteiger charge is 2.09. The summed E-state index contributed by atoms with van der Waals surface area (Å²) >= 11 is 1.52. The zero-order valence-electron chi connectivity index (χ0n) is 15.1. The summed E-state index contributed by atoms with van der Waals surface area (Å²) in [5.41, 5.74) is 3.64. The minimum Gasteiger partial charge on any atom is -0.459 e. The average Bonchev–Trinajstić information content (AvgIpc) is 3.19. The highest BCUT2D eigenvalue weighted by Crippen LogP contribution is 2.24. The van der Waals surface area contributed by atoms with Gasteiger partial charge in [-0.1, -0.05) is 17.7 Å². The van der Waals surface area contributed by atoms with Crippen molar-refractivity contribution in [2.45, 2.75) is 18.7 Å². The fraction of sp³-hybridized carbons (Fsp3) is 0.143. The number of aryl methyl sites for hydroxylation is 2. The molecule has 138 valence electrons. The SMILES string of the molecule is Cc1ccc(C)c(SCC(=O)Nc2ccc(NC(=O)c3ccco3)cc2)c1. The molecule has 1 heterocycles. The molecule has 0 spiro atoms. The van der Waals surface area contributed by atoms with Gasteiger partial charge in [-0.15, -0.1) is 11.8 Å². The Bertz CT molecular complexity index is 935. The van der Waals surface area contributed by atoms with Crippen LogP contribution in [0.25, 0.3) is 0 Å². The fourth-order valence-electron chi connectivity index (χ4n) is 2.44. The molecule has 2 N–H and O–H groups in total. The van der Waals surface area contributed by atoms with Crippen LogP contribution in [0.15, 0.2) is 70.2 Å². The molecule has 0 saturated carbocycles. The average molecular weight is 380 g/mol. The zero-order valence-corrected chi connectivity index (χ0v) is 15.9. The maximum Gasteiger partial charge on any atom is 0.291 e. The molecule has 1 aromatic heterocycles. The van der Waals surface area contributed by atoms with E-state index in [4.69, 9.17) is 4.42 Å². The predicted octanol–water partition coefficient (Wildman–Crippen LogP) is 4.88. The van der Waals surface area contributed by atoms with Crippen LogP contribution >= 0.6 is 11.8 Å². The van der Waals surface area contributed by atoms with Gasteiger partial charge in [-0.25, -0.2) is 0 Å². The van der Waals surface area contributed by atoms with Crippen molar-refractivity contribution in [1.29, 1.82) is 0 Å². The topological polar surface area (TPSA) is 71.3 Å². The molecule has 0 atom stereocenters. The summed E-state index contributed by atoms with van der Waals surface area (Å²) in [6.07, 6.45) is 1.45. The lowest BCUT2D eigenvalue weighted by Gasteiger charge is -2.09. The number of benzene rings is 2. The molecule has 3 aromatic rings. The summed E-state index contributed by atoms with van der Waals surface area (Å²) in [5.74, 6) is 0.187. The second-order valence-corrected chi connectivity index (χ2v) is 7.13. The minimum absolute atomic E-state index is 0.0757. The lowest BCUT2D eigenvalue weighted by molar-refractivity contribution is -0.113. The van der Waals surface area contributed by atoms with E-state index in [1.54, 1.807) is 36.4 Å². The Hall–Kier alpha value is -2.99. The Morgan fingerprint density at radius 2 is 1.67 bits per heavy atom. The summed E-state index contributed by atoms with van der Waals surface area (Å²) in [6.45, 7) is 4.07. The largest absolute Gasteiger partial charge is 0.459 e. The second-order valence-electron chi connectivity index (χ2n) is 6.11. The van der Waals surface area contributed by atoms with Crippen LogP contribution in [0.1, 0.15) is 21.7 Å². The van der Waals surface area contributed by atoms with Gasteiger partial charge in [0.2, 0.25) is 5.91 Å². The Kier molecular flexibility index (Phi) is 5.98. The molecule has 2 amide bonds. The van der Waals surface area contributed by atoms with Crippen molar-refractivity contribution in [3.8, 4) is 0 Å². The number of hydrogen-bond donors (Lipinski definition) is 2. The Morgan fingerprint density at radius 1 is 0.963 bits per heavy atom. The number of nitrogens with one attached hydrogen (secondary N) is 2. The lowest BCUT2D eigenvalue weighted by atomic mass is 10.2. The zero-order chi connectivity index (χ0) is 19.2. The summed E-state index contributed by atoms with van der Waals surface area (Å²) in [4.78, 5) is 25.2. The Morgan fingerprint density at radius 3 is 2.33 bits per heavy atom. The van der Waals surface area contributed by atoms with Crippen molar-refractivity contribution >= 4 is 35.0 Å². The van der Waals surface area contributed by atoms with Gasteiger partial charge in [0.15, 0.2) is 5.76 Å². The molecule has 0 radical (unpaired) electrons. The lowest BCUT2D eigenvalue weighted by Crippen LogP contribution is -2.14. The standard InChI is InChI=1S/C21H20N2O3S/c1-14-5-6-15(2)19(12-14)27-13-20(24)22-16-7-9-17(10-8-16)23-21(25)18-4-3-11-26-18/h3-12H,13H2,1-2H3,(H,22,24)(H,23,25). The van der Waals surface area contributed by atoms with E-state index in [2.05, 4.69) is 28.8 Å². The smallest absolute Gasteiger partial charge is 0.291 e. The predicted molar refractivity (Wildman–Crippen MR) is 108 cm³/mol. The number of carbonyl (C=O) groups excluding carboxylic acids is 2. The van der Waals surface area contributed by atoms with Crippen molar-refractivity contribution in [1.82, 2.24) is 0 Å². The maximum absolute atomic E-state index is 12.2. The van der Waals surface area contributed by atoms with Crippen LogP contribution in [0.4, 0.5) is 11.4 Å². The van der Waals surface area contributed by atoms with Crippen LogP contribution in [0.5, 0.6) is 0 Å². The van der Waals surface area contributed by atoms with E-state index in [-0.39, 0.29) is 17.6 Å². The van der Waals surface area contributed by atoms with Gasteiger partial charge >= 0.3 is 0 Å². The molecule has 0 saturated heterocycles. The van der Waals surface area contributed by atoms with Crippen LogP contribution < -0.4 is 10.6 Å². The highest BCUT2D eigenvalue weighted by atomic mass is 32.2. The molecule has 0 aliphatic heterocycles. The van der Waals surface area contributed by atoms with Crippen molar-refractivity contribution in [2.75, 3.05) is 16.4 Å². The quantitative estimate of drug-likeness (QED) is 0.598. The Balaban J connectivity index is 1.52. The minimum atomic E-state index is -0.318. The van der Waals surface area contributed by atoms with Crippen molar-refractivity contribution < 1.29 is 14.0 Å². The second kappa shape index (κ2) is 8.60.